The second kappa shape index (κ2) is 6.71. The van der Waals surface area contributed by atoms with Crippen molar-refractivity contribution >= 4 is 40.6 Å². The van der Waals surface area contributed by atoms with Crippen molar-refractivity contribution in [3.63, 3.8) is 0 Å². The van der Waals surface area contributed by atoms with Gasteiger partial charge in [-0.3, -0.25) is 4.79 Å². The van der Waals surface area contributed by atoms with E-state index in [1.54, 1.807) is 0 Å². The average Bonchev–Trinajstić information content (AvgIpc) is 2.90. The lowest BCUT2D eigenvalue weighted by molar-refractivity contribution is -0.113. The van der Waals surface area contributed by atoms with E-state index in [0.717, 1.165) is 27.8 Å². The second-order valence-corrected chi connectivity index (χ2v) is 6.16. The summed E-state index contributed by atoms with van der Waals surface area (Å²) in [5.41, 5.74) is 8.12. The van der Waals surface area contributed by atoms with E-state index in [0.29, 0.717) is 11.4 Å². The number of nitrogens with two attached hydrogens (primary N) is 1. The summed E-state index contributed by atoms with van der Waals surface area (Å²) < 4.78 is 5.00. The lowest BCUT2D eigenvalue weighted by Gasteiger charge is -2.09. The monoisotopic (exact) mass is 308 g/mol. The molecule has 0 atom stereocenters. The lowest BCUT2D eigenvalue weighted by atomic mass is 10.1. The molecule has 20 heavy (non-hydrogen) atoms. The van der Waals surface area contributed by atoms with Crippen molar-refractivity contribution in [2.75, 3.05) is 16.8 Å². The minimum atomic E-state index is -0.0723. The van der Waals surface area contributed by atoms with Crippen LogP contribution in [-0.2, 0) is 11.2 Å². The first-order valence-electron chi connectivity index (χ1n) is 6.20. The highest BCUT2D eigenvalue weighted by Gasteiger charge is 2.09. The number of thioether (sulfide) groups is 1. The number of amides is 1. The summed E-state index contributed by atoms with van der Waals surface area (Å²) >= 11 is 2.73. The van der Waals surface area contributed by atoms with Gasteiger partial charge in [-0.05, 0) is 36.2 Å². The van der Waals surface area contributed by atoms with Gasteiger partial charge in [-0.15, -0.1) is 0 Å². The molecule has 3 N–H and O–H groups in total. The number of rotatable bonds is 5. The standard InChI is InChI=1S/C13H16N4OS2/c1-3-11-16-13(20-17-11)19-7-12(18)15-10-6-4-5-9(14)8(10)2/h4-6H,3,7,14H2,1-2H3,(H,15,18). The number of anilines is 2. The smallest absolute Gasteiger partial charge is 0.234 e. The molecular weight excluding hydrogens is 292 g/mol. The van der Waals surface area contributed by atoms with Crippen LogP contribution in [0.15, 0.2) is 22.5 Å². The number of aromatic nitrogens is 2. The van der Waals surface area contributed by atoms with E-state index in [9.17, 15) is 4.79 Å². The lowest BCUT2D eigenvalue weighted by Crippen LogP contribution is -2.15. The fraction of sp³-hybridized carbons (Fsp3) is 0.308. The van der Waals surface area contributed by atoms with E-state index in [-0.39, 0.29) is 5.91 Å². The van der Waals surface area contributed by atoms with Crippen LogP contribution < -0.4 is 11.1 Å². The summed E-state index contributed by atoms with van der Waals surface area (Å²) in [5.74, 6) is 1.06. The molecule has 0 aliphatic rings. The Kier molecular flexibility index (Phi) is 4.97. The maximum Gasteiger partial charge on any atom is 0.234 e. The first-order chi connectivity index (χ1) is 9.60. The molecule has 1 aromatic carbocycles. The van der Waals surface area contributed by atoms with Crippen molar-refractivity contribution in [3.8, 4) is 0 Å². The summed E-state index contributed by atoms with van der Waals surface area (Å²) in [7, 11) is 0. The molecule has 7 heteroatoms. The van der Waals surface area contributed by atoms with E-state index < -0.39 is 0 Å². The van der Waals surface area contributed by atoms with Gasteiger partial charge in [0.2, 0.25) is 5.91 Å². The second-order valence-electron chi connectivity index (χ2n) is 4.19. The van der Waals surface area contributed by atoms with E-state index in [1.165, 1.54) is 23.3 Å². The number of aryl methyl sites for hydroxylation is 1. The summed E-state index contributed by atoms with van der Waals surface area (Å²) in [6.45, 7) is 3.89. The number of carbonyl (C=O) groups excluding carboxylic acids is 1. The van der Waals surface area contributed by atoms with Gasteiger partial charge in [0.1, 0.15) is 5.82 Å². The zero-order valence-corrected chi connectivity index (χ0v) is 13.0. The zero-order chi connectivity index (χ0) is 14.5. The average molecular weight is 308 g/mol. The number of carbonyl (C=O) groups is 1. The highest BCUT2D eigenvalue weighted by Crippen LogP contribution is 2.23. The highest BCUT2D eigenvalue weighted by molar-refractivity contribution is 8.01. The van der Waals surface area contributed by atoms with Crippen molar-refractivity contribution in [2.24, 2.45) is 0 Å². The Hall–Kier alpha value is -1.60. The minimum Gasteiger partial charge on any atom is -0.398 e. The molecule has 2 rings (SSSR count). The van der Waals surface area contributed by atoms with Crippen LogP contribution in [0.2, 0.25) is 0 Å². The van der Waals surface area contributed by atoms with Crippen LogP contribution in [0, 0.1) is 6.92 Å². The summed E-state index contributed by atoms with van der Waals surface area (Å²) in [6.07, 6.45) is 0.811. The highest BCUT2D eigenvalue weighted by atomic mass is 32.2. The van der Waals surface area contributed by atoms with Gasteiger partial charge >= 0.3 is 0 Å². The van der Waals surface area contributed by atoms with Crippen LogP contribution in [0.4, 0.5) is 11.4 Å². The molecule has 0 unspecified atom stereocenters. The fourth-order valence-electron chi connectivity index (χ4n) is 1.54. The minimum absolute atomic E-state index is 0.0723. The molecule has 5 nitrogen and oxygen atoms in total. The normalized spacial score (nSPS) is 10.5. The SMILES string of the molecule is CCc1nsc(SCC(=O)Nc2cccc(N)c2C)n1. The Labute approximate surface area is 126 Å². The van der Waals surface area contributed by atoms with Crippen LogP contribution in [0.1, 0.15) is 18.3 Å². The molecule has 0 saturated heterocycles. The van der Waals surface area contributed by atoms with Gasteiger partial charge in [0.25, 0.3) is 0 Å². The van der Waals surface area contributed by atoms with Gasteiger partial charge in [-0.1, -0.05) is 24.8 Å². The predicted molar refractivity (Wildman–Crippen MR) is 84.2 cm³/mol. The summed E-state index contributed by atoms with van der Waals surface area (Å²) in [5, 5.41) is 2.86. The third-order valence-electron chi connectivity index (χ3n) is 2.74. The number of nitrogens with zero attached hydrogens (tertiary/aromatic N) is 2. The van der Waals surface area contributed by atoms with Crippen LogP contribution in [-0.4, -0.2) is 21.0 Å². The first kappa shape index (κ1) is 14.8. The molecule has 2 aromatic rings. The molecule has 1 heterocycles. The predicted octanol–water partition coefficient (Wildman–Crippen LogP) is 2.72. The number of benzene rings is 1. The van der Waals surface area contributed by atoms with Gasteiger partial charge in [0, 0.05) is 17.8 Å². The fourth-order valence-corrected chi connectivity index (χ4v) is 3.04. The molecule has 0 aliphatic heterocycles. The van der Waals surface area contributed by atoms with Gasteiger partial charge < -0.3 is 11.1 Å². The van der Waals surface area contributed by atoms with E-state index in [2.05, 4.69) is 14.7 Å². The molecule has 0 bridgehead atoms. The van der Waals surface area contributed by atoms with Crippen molar-refractivity contribution in [2.45, 2.75) is 24.6 Å². The number of hydrogen-bond donors (Lipinski definition) is 2. The number of nitrogens with one attached hydrogen (secondary N) is 1. The quantitative estimate of drug-likeness (QED) is 0.655. The Morgan fingerprint density at radius 1 is 1.50 bits per heavy atom. The van der Waals surface area contributed by atoms with Crippen LogP contribution >= 0.6 is 23.3 Å². The van der Waals surface area contributed by atoms with Crippen molar-refractivity contribution < 1.29 is 4.79 Å². The van der Waals surface area contributed by atoms with Crippen LogP contribution in [0.3, 0.4) is 0 Å². The van der Waals surface area contributed by atoms with Gasteiger partial charge in [-0.2, -0.15) is 4.37 Å². The van der Waals surface area contributed by atoms with Gasteiger partial charge in [-0.25, -0.2) is 4.98 Å². The molecule has 0 aliphatic carbocycles. The topological polar surface area (TPSA) is 80.9 Å². The van der Waals surface area contributed by atoms with Crippen LogP contribution in [0.25, 0.3) is 0 Å². The molecule has 0 fully saturated rings. The Bertz CT molecular complexity index is 612. The Morgan fingerprint density at radius 2 is 2.30 bits per heavy atom. The van der Waals surface area contributed by atoms with E-state index in [1.807, 2.05) is 32.0 Å². The van der Waals surface area contributed by atoms with E-state index in [4.69, 9.17) is 5.73 Å². The summed E-state index contributed by atoms with van der Waals surface area (Å²) in [6, 6.07) is 5.48. The van der Waals surface area contributed by atoms with Gasteiger partial charge in [0.15, 0.2) is 4.34 Å². The summed E-state index contributed by atoms with van der Waals surface area (Å²) in [4.78, 5) is 16.2. The van der Waals surface area contributed by atoms with E-state index >= 15 is 0 Å². The van der Waals surface area contributed by atoms with Crippen molar-refractivity contribution in [1.29, 1.82) is 0 Å². The number of hydrogen-bond acceptors (Lipinski definition) is 6. The third kappa shape index (κ3) is 3.71. The molecule has 0 spiro atoms. The largest absolute Gasteiger partial charge is 0.398 e. The Balaban J connectivity index is 1.91. The maximum atomic E-state index is 11.9. The first-order valence-corrected chi connectivity index (χ1v) is 7.96. The zero-order valence-electron chi connectivity index (χ0n) is 11.3. The third-order valence-corrected chi connectivity index (χ3v) is 4.61. The molecular formula is C13H16N4OS2. The molecule has 1 amide bonds. The maximum absolute atomic E-state index is 11.9. The molecule has 1 aromatic heterocycles. The Morgan fingerprint density at radius 3 is 3.00 bits per heavy atom. The molecule has 0 saturated carbocycles. The number of nitrogen functional groups attached to an aromatic ring is 1. The molecule has 0 radical (unpaired) electrons. The molecule has 106 valence electrons. The van der Waals surface area contributed by atoms with Crippen molar-refractivity contribution in [1.82, 2.24) is 9.36 Å². The van der Waals surface area contributed by atoms with Crippen molar-refractivity contribution in [3.05, 3.63) is 29.6 Å². The van der Waals surface area contributed by atoms with Crippen LogP contribution in [0.5, 0.6) is 0 Å². The van der Waals surface area contributed by atoms with Gasteiger partial charge in [0.05, 0.1) is 5.75 Å².